The van der Waals surface area contributed by atoms with Crippen molar-refractivity contribution in [3.8, 4) is 0 Å². The molecule has 1 aromatic heterocycles. The SMILES string of the molecule is CC(C)c1cc(CN=C(NCC2CC2C)NC2CC2)on1.I. The number of hydrogen-bond donors (Lipinski definition) is 2. The van der Waals surface area contributed by atoms with Crippen molar-refractivity contribution in [2.75, 3.05) is 6.54 Å². The van der Waals surface area contributed by atoms with E-state index in [1.165, 1.54) is 19.3 Å². The number of halogens is 1. The molecule has 2 aliphatic carbocycles. The first-order valence-corrected chi connectivity index (χ1v) is 8.12. The fraction of sp³-hybridized carbons (Fsp3) is 0.750. The molecule has 124 valence electrons. The van der Waals surface area contributed by atoms with E-state index in [9.17, 15) is 0 Å². The number of guanidine groups is 1. The normalized spacial score (nSPS) is 24.1. The fourth-order valence-corrected chi connectivity index (χ4v) is 2.32. The van der Waals surface area contributed by atoms with Crippen LogP contribution < -0.4 is 10.6 Å². The second-order valence-electron chi connectivity index (χ2n) is 6.81. The molecular weight excluding hydrogens is 391 g/mol. The van der Waals surface area contributed by atoms with Gasteiger partial charge in [0.25, 0.3) is 0 Å². The van der Waals surface area contributed by atoms with Crippen LogP contribution in [0, 0.1) is 11.8 Å². The van der Waals surface area contributed by atoms with Crippen LogP contribution in [0.2, 0.25) is 0 Å². The number of hydrogen-bond acceptors (Lipinski definition) is 3. The van der Waals surface area contributed by atoms with E-state index < -0.39 is 0 Å². The molecule has 1 aromatic rings. The van der Waals surface area contributed by atoms with Gasteiger partial charge in [0.15, 0.2) is 11.7 Å². The van der Waals surface area contributed by atoms with Crippen molar-refractivity contribution in [2.24, 2.45) is 16.8 Å². The molecular formula is C16H27IN4O. The zero-order chi connectivity index (χ0) is 14.8. The van der Waals surface area contributed by atoms with Crippen LogP contribution in [0.15, 0.2) is 15.6 Å². The Kier molecular flexibility index (Phi) is 6.11. The minimum absolute atomic E-state index is 0. The number of aromatic nitrogens is 1. The van der Waals surface area contributed by atoms with E-state index >= 15 is 0 Å². The highest BCUT2D eigenvalue weighted by molar-refractivity contribution is 14.0. The van der Waals surface area contributed by atoms with E-state index in [4.69, 9.17) is 4.52 Å². The Morgan fingerprint density at radius 1 is 1.45 bits per heavy atom. The molecule has 6 heteroatoms. The zero-order valence-corrected chi connectivity index (χ0v) is 16.0. The van der Waals surface area contributed by atoms with Gasteiger partial charge in [-0.1, -0.05) is 25.9 Å². The molecule has 0 amide bonds. The Bertz CT molecular complexity index is 510. The van der Waals surface area contributed by atoms with Crippen LogP contribution in [0.25, 0.3) is 0 Å². The summed E-state index contributed by atoms with van der Waals surface area (Å²) in [6.07, 6.45) is 3.84. The maximum absolute atomic E-state index is 5.34. The molecule has 0 aliphatic heterocycles. The second-order valence-corrected chi connectivity index (χ2v) is 6.81. The Morgan fingerprint density at radius 2 is 2.18 bits per heavy atom. The highest BCUT2D eigenvalue weighted by Crippen LogP contribution is 2.36. The molecule has 5 nitrogen and oxygen atoms in total. The van der Waals surface area contributed by atoms with Crippen LogP contribution in [0.4, 0.5) is 0 Å². The molecule has 2 atom stereocenters. The fourth-order valence-electron chi connectivity index (χ4n) is 2.32. The molecule has 0 aromatic carbocycles. The topological polar surface area (TPSA) is 62.5 Å². The van der Waals surface area contributed by atoms with Gasteiger partial charge in [0.2, 0.25) is 0 Å². The molecule has 0 spiro atoms. The standard InChI is InChI=1S/C16H26N4O.HI/c1-10(2)15-7-14(21-20-15)9-18-16(19-13-4-5-13)17-8-12-6-11(12)3;/h7,10-13H,4-6,8-9H2,1-3H3,(H2,17,18,19);1H. The molecule has 0 radical (unpaired) electrons. The highest BCUT2D eigenvalue weighted by Gasteiger charge is 2.32. The Morgan fingerprint density at radius 3 is 2.73 bits per heavy atom. The summed E-state index contributed by atoms with van der Waals surface area (Å²) in [7, 11) is 0. The monoisotopic (exact) mass is 418 g/mol. The molecule has 2 saturated carbocycles. The third-order valence-electron chi connectivity index (χ3n) is 4.29. The summed E-state index contributed by atoms with van der Waals surface area (Å²) in [6.45, 7) is 8.10. The van der Waals surface area contributed by atoms with Gasteiger partial charge in [-0.2, -0.15) is 0 Å². The first-order valence-electron chi connectivity index (χ1n) is 8.12. The van der Waals surface area contributed by atoms with Gasteiger partial charge in [-0.3, -0.25) is 0 Å². The number of rotatable bonds is 6. The van der Waals surface area contributed by atoms with Crippen LogP contribution in [0.3, 0.4) is 0 Å². The summed E-state index contributed by atoms with van der Waals surface area (Å²) in [6, 6.07) is 2.61. The van der Waals surface area contributed by atoms with Gasteiger partial charge >= 0.3 is 0 Å². The van der Waals surface area contributed by atoms with Gasteiger partial charge in [-0.25, -0.2) is 4.99 Å². The largest absolute Gasteiger partial charge is 0.359 e. The lowest BCUT2D eigenvalue weighted by molar-refractivity contribution is 0.376. The molecule has 2 fully saturated rings. The maximum atomic E-state index is 5.34. The molecule has 0 bridgehead atoms. The molecule has 2 unspecified atom stereocenters. The van der Waals surface area contributed by atoms with Gasteiger partial charge < -0.3 is 15.2 Å². The third kappa shape index (κ3) is 5.14. The number of aliphatic imine (C=N–C) groups is 1. The third-order valence-corrected chi connectivity index (χ3v) is 4.29. The first kappa shape index (κ1) is 17.6. The molecule has 2 N–H and O–H groups in total. The van der Waals surface area contributed by atoms with E-state index in [0.29, 0.717) is 18.5 Å². The summed E-state index contributed by atoms with van der Waals surface area (Å²) < 4.78 is 5.34. The molecule has 22 heavy (non-hydrogen) atoms. The van der Waals surface area contributed by atoms with Crippen molar-refractivity contribution in [1.82, 2.24) is 15.8 Å². The predicted molar refractivity (Wildman–Crippen MR) is 98.6 cm³/mol. The smallest absolute Gasteiger partial charge is 0.191 e. The maximum Gasteiger partial charge on any atom is 0.191 e. The summed E-state index contributed by atoms with van der Waals surface area (Å²) in [4.78, 5) is 4.63. The highest BCUT2D eigenvalue weighted by atomic mass is 127. The van der Waals surface area contributed by atoms with Crippen LogP contribution in [0.1, 0.15) is 57.4 Å². The average Bonchev–Trinajstić information content (AvgIpc) is 3.34. The van der Waals surface area contributed by atoms with Crippen LogP contribution in [-0.2, 0) is 6.54 Å². The summed E-state index contributed by atoms with van der Waals surface area (Å²) in [5.74, 6) is 3.82. The Balaban J connectivity index is 0.00000176. The number of nitrogens with one attached hydrogen (secondary N) is 2. The van der Waals surface area contributed by atoms with Gasteiger partial charge in [-0.15, -0.1) is 24.0 Å². The van der Waals surface area contributed by atoms with E-state index in [-0.39, 0.29) is 24.0 Å². The van der Waals surface area contributed by atoms with Gasteiger partial charge in [0, 0.05) is 18.7 Å². The lowest BCUT2D eigenvalue weighted by Gasteiger charge is -2.11. The number of nitrogens with zero attached hydrogens (tertiary/aromatic N) is 2. The zero-order valence-electron chi connectivity index (χ0n) is 13.6. The Hall–Kier alpha value is -0.790. The van der Waals surface area contributed by atoms with E-state index in [1.54, 1.807) is 0 Å². The minimum atomic E-state index is 0. The van der Waals surface area contributed by atoms with Crippen molar-refractivity contribution < 1.29 is 4.52 Å². The lowest BCUT2D eigenvalue weighted by Crippen LogP contribution is -2.39. The first-order chi connectivity index (χ1) is 10.1. The quantitative estimate of drug-likeness (QED) is 0.423. The lowest BCUT2D eigenvalue weighted by atomic mass is 10.1. The van der Waals surface area contributed by atoms with Gasteiger partial charge in [0.05, 0.1) is 5.69 Å². The van der Waals surface area contributed by atoms with Crippen LogP contribution in [-0.4, -0.2) is 23.7 Å². The van der Waals surface area contributed by atoms with Crippen molar-refractivity contribution >= 4 is 29.9 Å². The minimum Gasteiger partial charge on any atom is -0.359 e. The average molecular weight is 418 g/mol. The van der Waals surface area contributed by atoms with Crippen LogP contribution >= 0.6 is 24.0 Å². The van der Waals surface area contributed by atoms with Crippen molar-refractivity contribution in [2.45, 2.75) is 58.5 Å². The summed E-state index contributed by atoms with van der Waals surface area (Å²) in [5.41, 5.74) is 0.997. The van der Waals surface area contributed by atoms with Gasteiger partial charge in [-0.05, 0) is 37.0 Å². The molecule has 3 rings (SSSR count). The molecule has 2 aliphatic rings. The van der Waals surface area contributed by atoms with E-state index in [2.05, 4.69) is 41.6 Å². The second kappa shape index (κ2) is 7.66. The van der Waals surface area contributed by atoms with Gasteiger partial charge in [0.1, 0.15) is 6.54 Å². The van der Waals surface area contributed by atoms with E-state index in [1.807, 2.05) is 6.07 Å². The molecule has 1 heterocycles. The van der Waals surface area contributed by atoms with E-state index in [0.717, 1.165) is 35.8 Å². The summed E-state index contributed by atoms with van der Waals surface area (Å²) >= 11 is 0. The Labute approximate surface area is 149 Å². The predicted octanol–water partition coefficient (Wildman–Crippen LogP) is 3.27. The van der Waals surface area contributed by atoms with Crippen molar-refractivity contribution in [1.29, 1.82) is 0 Å². The summed E-state index contributed by atoms with van der Waals surface area (Å²) in [5, 5.41) is 11.0. The van der Waals surface area contributed by atoms with Crippen molar-refractivity contribution in [3.63, 3.8) is 0 Å². The van der Waals surface area contributed by atoms with Crippen molar-refractivity contribution in [3.05, 3.63) is 17.5 Å². The van der Waals surface area contributed by atoms with Crippen LogP contribution in [0.5, 0.6) is 0 Å². The molecule has 0 saturated heterocycles.